The molecular formula is C26H25FN2O2. The largest absolute Gasteiger partial charge is 0.392 e. The summed E-state index contributed by atoms with van der Waals surface area (Å²) in [4.78, 5) is 17.7. The number of rotatable bonds is 5. The molecule has 31 heavy (non-hydrogen) atoms. The molecule has 3 aromatic rings. The molecule has 5 rings (SSSR count). The summed E-state index contributed by atoms with van der Waals surface area (Å²) in [5, 5.41) is 12.7. The van der Waals surface area contributed by atoms with Gasteiger partial charge < -0.3 is 10.4 Å². The van der Waals surface area contributed by atoms with Crippen LogP contribution in [0, 0.1) is 18.2 Å². The quantitative estimate of drug-likeness (QED) is 0.605. The summed E-state index contributed by atoms with van der Waals surface area (Å²) in [6.07, 6.45) is 5.85. The van der Waals surface area contributed by atoms with Crippen molar-refractivity contribution in [3.05, 3.63) is 83.4 Å². The van der Waals surface area contributed by atoms with Crippen LogP contribution in [0.1, 0.15) is 42.5 Å². The number of halogens is 1. The molecule has 0 radical (unpaired) electrons. The monoisotopic (exact) mass is 416 g/mol. The molecule has 2 fully saturated rings. The molecule has 2 N–H and O–H groups in total. The second-order valence-corrected chi connectivity index (χ2v) is 9.11. The molecule has 0 saturated heterocycles. The molecule has 1 spiro atoms. The number of anilines is 1. The van der Waals surface area contributed by atoms with Crippen molar-refractivity contribution in [3.63, 3.8) is 0 Å². The first kappa shape index (κ1) is 19.9. The number of carbonyl (C=O) groups is 1. The molecule has 2 saturated carbocycles. The minimum absolute atomic E-state index is 0.0302. The van der Waals surface area contributed by atoms with E-state index in [0.29, 0.717) is 11.1 Å². The lowest BCUT2D eigenvalue weighted by Crippen LogP contribution is -2.51. The maximum atomic E-state index is 13.4. The van der Waals surface area contributed by atoms with Crippen LogP contribution in [0.15, 0.2) is 60.8 Å². The van der Waals surface area contributed by atoms with Crippen molar-refractivity contribution < 1.29 is 14.3 Å². The molecule has 0 aliphatic heterocycles. The Kier molecular flexibility index (Phi) is 4.67. The van der Waals surface area contributed by atoms with E-state index in [1.165, 1.54) is 25.0 Å². The van der Waals surface area contributed by atoms with E-state index in [2.05, 4.69) is 10.3 Å². The number of aryl methyl sites for hydroxylation is 1. The highest BCUT2D eigenvalue weighted by Gasteiger charge is 2.64. The van der Waals surface area contributed by atoms with Gasteiger partial charge in [-0.1, -0.05) is 24.3 Å². The summed E-state index contributed by atoms with van der Waals surface area (Å²) in [5.74, 6) is -0.353. The van der Waals surface area contributed by atoms with E-state index in [0.717, 1.165) is 40.8 Å². The molecule has 5 heteroatoms. The van der Waals surface area contributed by atoms with Crippen molar-refractivity contribution in [1.82, 2.24) is 4.98 Å². The number of aromatic nitrogens is 1. The highest BCUT2D eigenvalue weighted by Crippen LogP contribution is 2.69. The van der Waals surface area contributed by atoms with Gasteiger partial charge >= 0.3 is 0 Å². The molecule has 2 aromatic carbocycles. The number of hydrogen-bond acceptors (Lipinski definition) is 3. The topological polar surface area (TPSA) is 62.2 Å². The smallest absolute Gasteiger partial charge is 0.235 e. The van der Waals surface area contributed by atoms with Crippen LogP contribution in [0.3, 0.4) is 0 Å². The van der Waals surface area contributed by atoms with Gasteiger partial charge in [-0.15, -0.1) is 0 Å². The number of nitrogens with zero attached hydrogens (tertiary/aromatic N) is 1. The first-order valence-corrected chi connectivity index (χ1v) is 10.7. The third-order valence-electron chi connectivity index (χ3n) is 6.89. The van der Waals surface area contributed by atoms with Crippen LogP contribution in [0.5, 0.6) is 0 Å². The Morgan fingerprint density at radius 3 is 2.39 bits per heavy atom. The second kappa shape index (κ2) is 7.27. The minimum atomic E-state index is -0.561. The summed E-state index contributed by atoms with van der Waals surface area (Å²) in [6, 6.07) is 15.8. The zero-order valence-electron chi connectivity index (χ0n) is 17.5. The van der Waals surface area contributed by atoms with E-state index in [1.54, 1.807) is 18.3 Å². The predicted octanol–water partition coefficient (Wildman–Crippen LogP) is 5.14. The summed E-state index contributed by atoms with van der Waals surface area (Å²) in [6.45, 7) is 1.85. The Morgan fingerprint density at radius 1 is 1.10 bits per heavy atom. The second-order valence-electron chi connectivity index (χ2n) is 9.11. The third kappa shape index (κ3) is 3.53. The summed E-state index contributed by atoms with van der Waals surface area (Å²) < 4.78 is 13.2. The standard InChI is InChI=1S/C26H25FN2O2/c1-17-12-19(14-30)23(13-28-17)18-2-4-20(5-3-18)26(15-25(16-26)10-11-25)24(31)29-22-8-6-21(27)7-9-22/h2-9,12-13,30H,10-11,14-16H2,1H3,(H,29,31). The van der Waals surface area contributed by atoms with Gasteiger partial charge in [0.15, 0.2) is 0 Å². The van der Waals surface area contributed by atoms with E-state index in [4.69, 9.17) is 0 Å². The fourth-order valence-corrected chi connectivity index (χ4v) is 5.01. The van der Waals surface area contributed by atoms with Crippen LogP contribution in [0.25, 0.3) is 11.1 Å². The van der Waals surface area contributed by atoms with E-state index >= 15 is 0 Å². The lowest BCUT2D eigenvalue weighted by atomic mass is 9.56. The van der Waals surface area contributed by atoms with Gasteiger partial charge in [0.05, 0.1) is 12.0 Å². The highest BCUT2D eigenvalue weighted by atomic mass is 19.1. The molecular weight excluding hydrogens is 391 g/mol. The lowest BCUT2D eigenvalue weighted by Gasteiger charge is -2.47. The Balaban J connectivity index is 1.44. The molecule has 2 aliphatic rings. The van der Waals surface area contributed by atoms with Crippen LogP contribution in [-0.2, 0) is 16.8 Å². The molecule has 2 aliphatic carbocycles. The Morgan fingerprint density at radius 2 is 1.77 bits per heavy atom. The van der Waals surface area contributed by atoms with E-state index in [1.807, 2.05) is 37.3 Å². The number of hydrogen-bond donors (Lipinski definition) is 2. The predicted molar refractivity (Wildman–Crippen MR) is 118 cm³/mol. The van der Waals surface area contributed by atoms with Crippen LogP contribution in [0.4, 0.5) is 10.1 Å². The number of carbonyl (C=O) groups excluding carboxylic acids is 1. The van der Waals surface area contributed by atoms with Crippen LogP contribution in [0.2, 0.25) is 0 Å². The van der Waals surface area contributed by atoms with Crippen LogP contribution >= 0.6 is 0 Å². The van der Waals surface area contributed by atoms with Crippen molar-refractivity contribution in [2.75, 3.05) is 5.32 Å². The zero-order valence-corrected chi connectivity index (χ0v) is 17.5. The molecule has 158 valence electrons. The van der Waals surface area contributed by atoms with E-state index < -0.39 is 5.41 Å². The first-order valence-electron chi connectivity index (χ1n) is 10.7. The summed E-state index contributed by atoms with van der Waals surface area (Å²) in [7, 11) is 0. The average Bonchev–Trinajstić information content (AvgIpc) is 3.55. The van der Waals surface area contributed by atoms with Crippen molar-refractivity contribution in [1.29, 1.82) is 0 Å². The van der Waals surface area contributed by atoms with Gasteiger partial charge in [0.25, 0.3) is 0 Å². The highest BCUT2D eigenvalue weighted by molar-refractivity contribution is 6.00. The van der Waals surface area contributed by atoms with Crippen LogP contribution in [-0.4, -0.2) is 16.0 Å². The molecule has 0 bridgehead atoms. The molecule has 0 unspecified atom stereocenters. The van der Waals surface area contributed by atoms with Crippen molar-refractivity contribution >= 4 is 11.6 Å². The first-order chi connectivity index (χ1) is 14.9. The normalized spacial score (nSPS) is 17.8. The van der Waals surface area contributed by atoms with E-state index in [-0.39, 0.29) is 18.3 Å². The molecule has 1 aromatic heterocycles. The Hall–Kier alpha value is -3.05. The van der Waals surface area contributed by atoms with Crippen molar-refractivity contribution in [2.24, 2.45) is 5.41 Å². The van der Waals surface area contributed by atoms with Gasteiger partial charge in [0.2, 0.25) is 5.91 Å². The molecule has 0 atom stereocenters. The van der Waals surface area contributed by atoms with Gasteiger partial charge in [-0.05, 0) is 85.0 Å². The number of aliphatic hydroxyl groups excluding tert-OH is 1. The fraction of sp³-hybridized carbons (Fsp3) is 0.308. The summed E-state index contributed by atoms with van der Waals surface area (Å²) >= 11 is 0. The van der Waals surface area contributed by atoms with E-state index in [9.17, 15) is 14.3 Å². The summed E-state index contributed by atoms with van der Waals surface area (Å²) in [5.41, 5.74) is 4.94. The number of benzene rings is 2. The van der Waals surface area contributed by atoms with Crippen molar-refractivity contribution in [3.8, 4) is 11.1 Å². The maximum Gasteiger partial charge on any atom is 0.235 e. The number of nitrogens with one attached hydrogen (secondary N) is 1. The van der Waals surface area contributed by atoms with Gasteiger partial charge in [-0.2, -0.15) is 0 Å². The maximum absolute atomic E-state index is 13.4. The number of amides is 1. The molecule has 1 amide bonds. The van der Waals surface area contributed by atoms with Gasteiger partial charge in [-0.3, -0.25) is 9.78 Å². The Bertz CT molecular complexity index is 1130. The number of pyridine rings is 1. The lowest BCUT2D eigenvalue weighted by molar-refractivity contribution is -0.127. The zero-order chi connectivity index (χ0) is 21.6. The SMILES string of the molecule is Cc1cc(CO)c(-c2ccc(C3(C(=O)Nc4ccc(F)cc4)CC4(CC4)C3)cc2)cn1. The van der Waals surface area contributed by atoms with Crippen molar-refractivity contribution in [2.45, 2.75) is 44.6 Å². The third-order valence-corrected chi connectivity index (χ3v) is 6.89. The minimum Gasteiger partial charge on any atom is -0.392 e. The Labute approximate surface area is 181 Å². The average molecular weight is 416 g/mol. The molecule has 1 heterocycles. The fourth-order valence-electron chi connectivity index (χ4n) is 5.01. The van der Waals surface area contributed by atoms with Gasteiger partial charge in [0, 0.05) is 23.1 Å². The molecule has 4 nitrogen and oxygen atoms in total. The number of aliphatic hydroxyl groups is 1. The van der Waals surface area contributed by atoms with Gasteiger partial charge in [-0.25, -0.2) is 4.39 Å². The van der Waals surface area contributed by atoms with Gasteiger partial charge in [0.1, 0.15) is 5.82 Å². The van der Waals surface area contributed by atoms with Crippen LogP contribution < -0.4 is 5.32 Å².